The summed E-state index contributed by atoms with van der Waals surface area (Å²) in [5.41, 5.74) is 2.23. The SMILES string of the molecule is CCNC(=O)CSc1nc(-c2ccccc2)c(NC(=O)C2CC(=O)N(c3ccc(Cl)cc3)C2)s1. The Morgan fingerprint density at radius 1 is 1.18 bits per heavy atom. The Morgan fingerprint density at radius 2 is 1.91 bits per heavy atom. The lowest BCUT2D eigenvalue weighted by Gasteiger charge is -2.16. The summed E-state index contributed by atoms with van der Waals surface area (Å²) in [6, 6.07) is 16.6. The van der Waals surface area contributed by atoms with E-state index in [0.717, 1.165) is 11.3 Å². The monoisotopic (exact) mass is 514 g/mol. The minimum atomic E-state index is -0.486. The summed E-state index contributed by atoms with van der Waals surface area (Å²) >= 11 is 8.61. The molecule has 1 aromatic heterocycles. The van der Waals surface area contributed by atoms with Crippen LogP contribution in [0.3, 0.4) is 0 Å². The van der Waals surface area contributed by atoms with Gasteiger partial charge < -0.3 is 15.5 Å². The van der Waals surface area contributed by atoms with Gasteiger partial charge in [-0.3, -0.25) is 14.4 Å². The van der Waals surface area contributed by atoms with E-state index in [9.17, 15) is 14.4 Å². The van der Waals surface area contributed by atoms with Crippen LogP contribution in [-0.4, -0.2) is 41.5 Å². The highest BCUT2D eigenvalue weighted by atomic mass is 35.5. The van der Waals surface area contributed by atoms with Crippen LogP contribution in [0.15, 0.2) is 58.9 Å². The highest BCUT2D eigenvalue weighted by Crippen LogP contribution is 2.38. The Bertz CT molecular complexity index is 1180. The largest absolute Gasteiger partial charge is 0.356 e. The molecule has 1 saturated heterocycles. The number of carbonyl (C=O) groups is 3. The number of aromatic nitrogens is 1. The maximum absolute atomic E-state index is 13.1. The van der Waals surface area contributed by atoms with Crippen LogP contribution < -0.4 is 15.5 Å². The van der Waals surface area contributed by atoms with Crippen LogP contribution in [0, 0.1) is 5.92 Å². The van der Waals surface area contributed by atoms with Gasteiger partial charge in [-0.25, -0.2) is 4.98 Å². The second kappa shape index (κ2) is 11.0. The van der Waals surface area contributed by atoms with Crippen molar-refractivity contribution in [1.29, 1.82) is 0 Å². The number of thioether (sulfide) groups is 1. The van der Waals surface area contributed by atoms with Crippen molar-refractivity contribution in [2.75, 3.05) is 29.1 Å². The molecule has 0 radical (unpaired) electrons. The lowest BCUT2D eigenvalue weighted by Crippen LogP contribution is -2.28. The molecule has 0 aliphatic carbocycles. The summed E-state index contributed by atoms with van der Waals surface area (Å²) in [5.74, 6) is -0.642. The summed E-state index contributed by atoms with van der Waals surface area (Å²) in [6.07, 6.45) is 0.132. The van der Waals surface area contributed by atoms with E-state index in [2.05, 4.69) is 15.6 Å². The Kier molecular flexibility index (Phi) is 7.87. The van der Waals surface area contributed by atoms with Crippen molar-refractivity contribution in [2.24, 2.45) is 5.92 Å². The Morgan fingerprint density at radius 3 is 2.62 bits per heavy atom. The average molecular weight is 515 g/mol. The summed E-state index contributed by atoms with van der Waals surface area (Å²) in [4.78, 5) is 43.9. The van der Waals surface area contributed by atoms with E-state index in [1.54, 1.807) is 29.2 Å². The van der Waals surface area contributed by atoms with Gasteiger partial charge in [0.15, 0.2) is 4.34 Å². The molecular formula is C24H23ClN4O3S2. The van der Waals surface area contributed by atoms with E-state index >= 15 is 0 Å². The number of carbonyl (C=O) groups excluding carboxylic acids is 3. The molecule has 0 spiro atoms. The summed E-state index contributed by atoms with van der Waals surface area (Å²) in [5, 5.41) is 6.95. The molecule has 7 nitrogen and oxygen atoms in total. The van der Waals surface area contributed by atoms with Crippen molar-refractivity contribution in [2.45, 2.75) is 17.7 Å². The van der Waals surface area contributed by atoms with Crippen LogP contribution in [0.25, 0.3) is 11.3 Å². The van der Waals surface area contributed by atoms with E-state index in [-0.39, 0.29) is 29.9 Å². The van der Waals surface area contributed by atoms with Crippen molar-refractivity contribution < 1.29 is 14.4 Å². The molecule has 4 rings (SSSR count). The van der Waals surface area contributed by atoms with Gasteiger partial charge in [0, 0.05) is 35.8 Å². The summed E-state index contributed by atoms with van der Waals surface area (Å²) < 4.78 is 0.686. The highest BCUT2D eigenvalue weighted by Gasteiger charge is 2.35. The lowest BCUT2D eigenvalue weighted by atomic mass is 10.1. The minimum absolute atomic E-state index is 0.0682. The molecule has 3 aromatic rings. The minimum Gasteiger partial charge on any atom is -0.356 e. The normalized spacial score (nSPS) is 15.4. The standard InChI is InChI=1S/C24H23ClN4O3S2/c1-2-26-19(30)14-33-24-27-21(15-6-4-3-5-7-15)23(34-24)28-22(32)16-12-20(31)29(13-16)18-10-8-17(25)9-11-18/h3-11,16H,2,12-14H2,1H3,(H,26,30)(H,28,32). The zero-order valence-electron chi connectivity index (χ0n) is 18.4. The number of halogens is 1. The Hall–Kier alpha value is -2.88. The molecule has 2 aromatic carbocycles. The molecule has 10 heteroatoms. The van der Waals surface area contributed by atoms with Gasteiger partial charge in [0.25, 0.3) is 0 Å². The molecule has 1 fully saturated rings. The number of nitrogens with one attached hydrogen (secondary N) is 2. The van der Waals surface area contributed by atoms with Crippen LogP contribution >= 0.6 is 34.7 Å². The van der Waals surface area contributed by atoms with Crippen LogP contribution in [0.2, 0.25) is 5.02 Å². The number of hydrogen-bond donors (Lipinski definition) is 2. The predicted molar refractivity (Wildman–Crippen MR) is 137 cm³/mol. The maximum Gasteiger partial charge on any atom is 0.230 e. The van der Waals surface area contributed by atoms with E-state index in [0.29, 0.717) is 33.1 Å². The fourth-order valence-electron chi connectivity index (χ4n) is 3.58. The molecule has 1 atom stereocenters. The van der Waals surface area contributed by atoms with Crippen LogP contribution in [0.5, 0.6) is 0 Å². The average Bonchev–Trinajstić information content (AvgIpc) is 3.42. The lowest BCUT2D eigenvalue weighted by molar-refractivity contribution is -0.122. The molecule has 0 bridgehead atoms. The zero-order valence-corrected chi connectivity index (χ0v) is 20.8. The maximum atomic E-state index is 13.1. The molecule has 2 heterocycles. The van der Waals surface area contributed by atoms with E-state index in [1.807, 2.05) is 37.3 Å². The number of thiazole rings is 1. The smallest absolute Gasteiger partial charge is 0.230 e. The van der Waals surface area contributed by atoms with Crippen molar-refractivity contribution >= 4 is 63.1 Å². The summed E-state index contributed by atoms with van der Waals surface area (Å²) in [6.45, 7) is 2.74. The van der Waals surface area contributed by atoms with Gasteiger partial charge in [-0.1, -0.05) is 65.0 Å². The van der Waals surface area contributed by atoms with Crippen LogP contribution in [-0.2, 0) is 14.4 Å². The topological polar surface area (TPSA) is 91.4 Å². The van der Waals surface area contributed by atoms with E-state index < -0.39 is 5.92 Å². The van der Waals surface area contributed by atoms with Crippen LogP contribution in [0.1, 0.15) is 13.3 Å². The molecule has 2 N–H and O–H groups in total. The first-order chi connectivity index (χ1) is 16.4. The van der Waals surface area contributed by atoms with Crippen molar-refractivity contribution in [3.05, 3.63) is 59.6 Å². The molecule has 176 valence electrons. The fraction of sp³-hybridized carbons (Fsp3) is 0.250. The molecule has 3 amide bonds. The van der Waals surface area contributed by atoms with Crippen molar-refractivity contribution in [3.63, 3.8) is 0 Å². The molecule has 1 aliphatic heterocycles. The molecule has 1 aliphatic rings. The Labute approximate surface area is 210 Å². The second-order valence-corrected chi connectivity index (χ2v) is 10.3. The summed E-state index contributed by atoms with van der Waals surface area (Å²) in [7, 11) is 0. The number of anilines is 2. The second-order valence-electron chi connectivity index (χ2n) is 7.64. The number of hydrogen-bond acceptors (Lipinski definition) is 6. The van der Waals surface area contributed by atoms with Crippen molar-refractivity contribution in [3.8, 4) is 11.3 Å². The van der Waals surface area contributed by atoms with Crippen LogP contribution in [0.4, 0.5) is 10.7 Å². The first-order valence-corrected chi connectivity index (χ1v) is 12.9. The third-order valence-corrected chi connectivity index (χ3v) is 7.59. The predicted octanol–water partition coefficient (Wildman–Crippen LogP) is 4.68. The zero-order chi connectivity index (χ0) is 24.1. The van der Waals surface area contributed by atoms with Gasteiger partial charge in [0.2, 0.25) is 17.7 Å². The number of nitrogens with zero attached hydrogens (tertiary/aromatic N) is 2. The fourth-order valence-corrected chi connectivity index (χ4v) is 5.61. The third-order valence-electron chi connectivity index (χ3n) is 5.23. The number of benzene rings is 2. The van der Waals surface area contributed by atoms with Gasteiger partial charge in [-0.15, -0.1) is 0 Å². The Balaban J connectivity index is 1.50. The first-order valence-electron chi connectivity index (χ1n) is 10.8. The first kappa shape index (κ1) is 24.3. The number of rotatable bonds is 8. The molecule has 1 unspecified atom stereocenters. The van der Waals surface area contributed by atoms with Gasteiger partial charge in [0.05, 0.1) is 11.7 Å². The van der Waals surface area contributed by atoms with Crippen molar-refractivity contribution in [1.82, 2.24) is 10.3 Å². The van der Waals surface area contributed by atoms with Gasteiger partial charge in [-0.2, -0.15) is 0 Å². The number of amides is 3. The quantitative estimate of drug-likeness (QED) is 0.426. The third kappa shape index (κ3) is 5.78. The van der Waals surface area contributed by atoms with E-state index in [1.165, 1.54) is 23.1 Å². The molecule has 0 saturated carbocycles. The van der Waals surface area contributed by atoms with Gasteiger partial charge >= 0.3 is 0 Å². The van der Waals surface area contributed by atoms with Gasteiger partial charge in [-0.05, 0) is 31.2 Å². The molecule has 34 heavy (non-hydrogen) atoms. The highest BCUT2D eigenvalue weighted by molar-refractivity contribution is 8.01. The molecular weight excluding hydrogens is 492 g/mol. The van der Waals surface area contributed by atoms with E-state index in [4.69, 9.17) is 11.6 Å². The van der Waals surface area contributed by atoms with Gasteiger partial charge in [0.1, 0.15) is 10.7 Å².